The van der Waals surface area contributed by atoms with Crippen molar-refractivity contribution in [3.05, 3.63) is 18.1 Å². The highest BCUT2D eigenvalue weighted by atomic mass is 32.2. The van der Waals surface area contributed by atoms with Crippen LogP contribution in [0.4, 0.5) is 5.82 Å². The van der Waals surface area contributed by atoms with Crippen molar-refractivity contribution in [3.63, 3.8) is 0 Å². The van der Waals surface area contributed by atoms with Crippen LogP contribution in [0, 0.1) is 5.92 Å². The minimum Gasteiger partial charge on any atom is -0.476 e. The number of aromatic carboxylic acids is 1. The summed E-state index contributed by atoms with van der Waals surface area (Å²) >= 11 is 1.78. The molecule has 0 fully saturated rings. The number of nitrogens with one attached hydrogen (secondary N) is 1. The van der Waals surface area contributed by atoms with E-state index in [1.165, 1.54) is 12.4 Å². The highest BCUT2D eigenvalue weighted by molar-refractivity contribution is 7.98. The lowest BCUT2D eigenvalue weighted by Crippen LogP contribution is -2.15. The van der Waals surface area contributed by atoms with Crippen molar-refractivity contribution in [3.8, 4) is 0 Å². The quantitative estimate of drug-likeness (QED) is 0.787. The van der Waals surface area contributed by atoms with E-state index in [2.05, 4.69) is 28.5 Å². The largest absolute Gasteiger partial charge is 0.476 e. The van der Waals surface area contributed by atoms with Gasteiger partial charge in [0.1, 0.15) is 5.82 Å². The molecule has 0 saturated carbocycles. The topological polar surface area (TPSA) is 75.1 Å². The predicted octanol–water partition coefficient (Wildman–Crippen LogP) is 1.59. The van der Waals surface area contributed by atoms with Gasteiger partial charge in [-0.25, -0.2) is 9.78 Å². The van der Waals surface area contributed by atoms with E-state index >= 15 is 0 Å². The first-order valence-corrected chi connectivity index (χ1v) is 6.31. The average molecular weight is 241 g/mol. The molecule has 0 aliphatic heterocycles. The molecule has 1 unspecified atom stereocenters. The van der Waals surface area contributed by atoms with Gasteiger partial charge in [0.05, 0.1) is 12.4 Å². The minimum absolute atomic E-state index is 0.0393. The number of thioether (sulfide) groups is 1. The van der Waals surface area contributed by atoms with Crippen LogP contribution < -0.4 is 5.32 Å². The summed E-state index contributed by atoms with van der Waals surface area (Å²) in [7, 11) is 0. The fourth-order valence-corrected chi connectivity index (χ4v) is 1.86. The number of carboxylic acid groups (broad SMARTS) is 1. The van der Waals surface area contributed by atoms with E-state index in [9.17, 15) is 4.79 Å². The summed E-state index contributed by atoms with van der Waals surface area (Å²) in [5.74, 6) is 1.01. The van der Waals surface area contributed by atoms with Crippen LogP contribution in [0.25, 0.3) is 0 Å². The molecule has 88 valence electrons. The number of rotatable bonds is 6. The van der Waals surface area contributed by atoms with Gasteiger partial charge in [-0.15, -0.1) is 0 Å². The van der Waals surface area contributed by atoms with Gasteiger partial charge in [0.2, 0.25) is 0 Å². The van der Waals surface area contributed by atoms with Crippen LogP contribution in [0.15, 0.2) is 12.4 Å². The van der Waals surface area contributed by atoms with Gasteiger partial charge in [0.15, 0.2) is 5.69 Å². The molecule has 1 atom stereocenters. The van der Waals surface area contributed by atoms with Crippen molar-refractivity contribution in [1.82, 2.24) is 9.97 Å². The molecule has 0 saturated heterocycles. The Bertz CT molecular complexity index is 360. The van der Waals surface area contributed by atoms with Gasteiger partial charge in [-0.05, 0) is 17.9 Å². The lowest BCUT2D eigenvalue weighted by atomic mass is 10.2. The van der Waals surface area contributed by atoms with E-state index in [-0.39, 0.29) is 5.69 Å². The first-order chi connectivity index (χ1) is 7.63. The Hall–Kier alpha value is -1.30. The first-order valence-electron chi connectivity index (χ1n) is 4.91. The number of hydrogen-bond acceptors (Lipinski definition) is 5. The van der Waals surface area contributed by atoms with Gasteiger partial charge in [-0.2, -0.15) is 11.8 Å². The maximum absolute atomic E-state index is 10.7. The fourth-order valence-electron chi connectivity index (χ4n) is 1.18. The van der Waals surface area contributed by atoms with Crippen LogP contribution in [-0.4, -0.2) is 39.6 Å². The maximum Gasteiger partial charge on any atom is 0.356 e. The van der Waals surface area contributed by atoms with Crippen LogP contribution >= 0.6 is 11.8 Å². The van der Waals surface area contributed by atoms with Crippen LogP contribution in [0.2, 0.25) is 0 Å². The lowest BCUT2D eigenvalue weighted by Gasteiger charge is -2.11. The molecule has 0 aliphatic carbocycles. The molecule has 6 heteroatoms. The predicted molar refractivity (Wildman–Crippen MR) is 65.0 cm³/mol. The molecule has 1 aromatic rings. The Morgan fingerprint density at radius 2 is 2.38 bits per heavy atom. The van der Waals surface area contributed by atoms with Crippen LogP contribution in [0.3, 0.4) is 0 Å². The van der Waals surface area contributed by atoms with Crippen molar-refractivity contribution in [2.24, 2.45) is 5.92 Å². The molecule has 0 bridgehead atoms. The molecule has 16 heavy (non-hydrogen) atoms. The monoisotopic (exact) mass is 241 g/mol. The summed E-state index contributed by atoms with van der Waals surface area (Å²) < 4.78 is 0. The second kappa shape index (κ2) is 6.32. The van der Waals surface area contributed by atoms with E-state index in [0.29, 0.717) is 11.7 Å². The van der Waals surface area contributed by atoms with E-state index < -0.39 is 5.97 Å². The normalized spacial score (nSPS) is 12.1. The number of aromatic nitrogens is 2. The van der Waals surface area contributed by atoms with Crippen molar-refractivity contribution in [1.29, 1.82) is 0 Å². The number of carbonyl (C=O) groups is 1. The number of hydrogen-bond donors (Lipinski definition) is 2. The van der Waals surface area contributed by atoms with Gasteiger partial charge < -0.3 is 10.4 Å². The molecule has 2 N–H and O–H groups in total. The number of nitrogens with zero attached hydrogens (tertiary/aromatic N) is 2. The van der Waals surface area contributed by atoms with Crippen molar-refractivity contribution < 1.29 is 9.90 Å². The Morgan fingerprint density at radius 1 is 1.62 bits per heavy atom. The van der Waals surface area contributed by atoms with Crippen molar-refractivity contribution in [2.75, 3.05) is 23.9 Å². The Kier molecular flexibility index (Phi) is 5.04. The second-order valence-electron chi connectivity index (χ2n) is 3.54. The SMILES string of the molecule is CSCC(C)CNc1cncc(C(=O)O)n1. The smallest absolute Gasteiger partial charge is 0.356 e. The standard InChI is InChI=1S/C10H15N3O2S/c1-7(6-16-2)3-12-9-5-11-4-8(13-9)10(14)15/h4-5,7H,3,6H2,1-2H3,(H,12,13)(H,14,15). The number of anilines is 1. The molecule has 0 aromatic carbocycles. The summed E-state index contributed by atoms with van der Waals surface area (Å²) in [6.07, 6.45) is 4.82. The molecule has 0 amide bonds. The molecular formula is C10H15N3O2S. The molecular weight excluding hydrogens is 226 g/mol. The van der Waals surface area contributed by atoms with Crippen molar-refractivity contribution in [2.45, 2.75) is 6.92 Å². The molecule has 0 radical (unpaired) electrons. The van der Waals surface area contributed by atoms with Gasteiger partial charge in [-0.1, -0.05) is 6.92 Å². The van der Waals surface area contributed by atoms with E-state index in [4.69, 9.17) is 5.11 Å². The molecule has 1 heterocycles. The molecule has 5 nitrogen and oxygen atoms in total. The Morgan fingerprint density at radius 3 is 3.00 bits per heavy atom. The Labute approximate surface area is 98.7 Å². The summed E-state index contributed by atoms with van der Waals surface area (Å²) in [5.41, 5.74) is -0.0393. The highest BCUT2D eigenvalue weighted by Gasteiger charge is 2.06. The minimum atomic E-state index is -1.06. The van der Waals surface area contributed by atoms with Gasteiger partial charge in [0, 0.05) is 6.54 Å². The molecule has 1 rings (SSSR count). The van der Waals surface area contributed by atoms with E-state index in [1.54, 1.807) is 11.8 Å². The van der Waals surface area contributed by atoms with E-state index in [0.717, 1.165) is 12.3 Å². The second-order valence-corrected chi connectivity index (χ2v) is 4.45. The van der Waals surface area contributed by atoms with Crippen molar-refractivity contribution >= 4 is 23.5 Å². The summed E-state index contributed by atoms with van der Waals surface area (Å²) in [6.45, 7) is 2.89. The first kappa shape index (κ1) is 12.8. The van der Waals surface area contributed by atoms with Crippen LogP contribution in [0.1, 0.15) is 17.4 Å². The third-order valence-electron chi connectivity index (χ3n) is 1.94. The van der Waals surface area contributed by atoms with Crippen LogP contribution in [-0.2, 0) is 0 Å². The zero-order valence-electron chi connectivity index (χ0n) is 9.30. The summed E-state index contributed by atoms with van der Waals surface area (Å²) in [6, 6.07) is 0. The summed E-state index contributed by atoms with van der Waals surface area (Å²) in [5, 5.41) is 11.8. The van der Waals surface area contributed by atoms with Crippen LogP contribution in [0.5, 0.6) is 0 Å². The van der Waals surface area contributed by atoms with Gasteiger partial charge in [0.25, 0.3) is 0 Å². The molecule has 1 aromatic heterocycles. The average Bonchev–Trinajstić information content (AvgIpc) is 2.27. The van der Waals surface area contributed by atoms with E-state index in [1.807, 2.05) is 0 Å². The van der Waals surface area contributed by atoms with Gasteiger partial charge >= 0.3 is 5.97 Å². The fraction of sp³-hybridized carbons (Fsp3) is 0.500. The maximum atomic E-state index is 10.7. The lowest BCUT2D eigenvalue weighted by molar-refractivity contribution is 0.0690. The zero-order chi connectivity index (χ0) is 12.0. The molecule has 0 aliphatic rings. The Balaban J connectivity index is 2.54. The zero-order valence-corrected chi connectivity index (χ0v) is 10.1. The molecule has 0 spiro atoms. The van der Waals surface area contributed by atoms with Gasteiger partial charge in [-0.3, -0.25) is 4.98 Å². The third-order valence-corrected chi connectivity index (χ3v) is 2.84. The highest BCUT2D eigenvalue weighted by Crippen LogP contribution is 2.07. The number of carboxylic acids is 1. The third kappa shape index (κ3) is 4.06. The summed E-state index contributed by atoms with van der Waals surface area (Å²) in [4.78, 5) is 18.4.